The van der Waals surface area contributed by atoms with Gasteiger partial charge in [-0.3, -0.25) is 4.79 Å². The molecule has 28 heavy (non-hydrogen) atoms. The molecular formula is C20H27F3N2O2S. The van der Waals surface area contributed by atoms with E-state index in [-0.39, 0.29) is 34.2 Å². The Bertz CT molecular complexity index is 680. The molecule has 0 aliphatic heterocycles. The van der Waals surface area contributed by atoms with E-state index in [1.54, 1.807) is 6.26 Å². The zero-order valence-electron chi connectivity index (χ0n) is 16.2. The van der Waals surface area contributed by atoms with Crippen molar-refractivity contribution in [3.8, 4) is 5.75 Å². The van der Waals surface area contributed by atoms with E-state index in [1.165, 1.54) is 32.8 Å². The van der Waals surface area contributed by atoms with Gasteiger partial charge < -0.3 is 15.4 Å². The monoisotopic (exact) mass is 416 g/mol. The van der Waals surface area contributed by atoms with E-state index in [2.05, 4.69) is 10.6 Å². The molecule has 0 radical (unpaired) electrons. The van der Waals surface area contributed by atoms with Gasteiger partial charge in [0.15, 0.2) is 0 Å². The zero-order valence-corrected chi connectivity index (χ0v) is 17.0. The summed E-state index contributed by atoms with van der Waals surface area (Å²) in [5.41, 5.74) is -0.638. The lowest BCUT2D eigenvalue weighted by Gasteiger charge is -2.26. The zero-order chi connectivity index (χ0) is 20.3. The number of alkyl halides is 3. The lowest BCUT2D eigenvalue weighted by Crippen LogP contribution is -2.49. The van der Waals surface area contributed by atoms with Gasteiger partial charge in [-0.2, -0.15) is 13.2 Å². The van der Waals surface area contributed by atoms with Crippen molar-refractivity contribution in [2.75, 3.05) is 13.4 Å². The minimum Gasteiger partial charge on any atom is -0.496 e. The number of nitrogens with one attached hydrogen (secondary N) is 2. The number of ether oxygens (including phenoxy) is 1. The molecule has 0 heterocycles. The minimum absolute atomic E-state index is 0.0187. The summed E-state index contributed by atoms with van der Waals surface area (Å²) >= 11 is 1.11. The maximum atomic E-state index is 13.2. The number of carbonyl (C=O) groups is 1. The summed E-state index contributed by atoms with van der Waals surface area (Å²) in [6.45, 7) is 0. The van der Waals surface area contributed by atoms with E-state index in [9.17, 15) is 18.0 Å². The molecule has 156 valence electrons. The van der Waals surface area contributed by atoms with Gasteiger partial charge >= 0.3 is 6.18 Å². The van der Waals surface area contributed by atoms with Crippen LogP contribution in [0.15, 0.2) is 17.0 Å². The molecule has 4 nitrogen and oxygen atoms in total. The van der Waals surface area contributed by atoms with Crippen molar-refractivity contribution in [1.29, 1.82) is 0 Å². The van der Waals surface area contributed by atoms with Crippen molar-refractivity contribution < 1.29 is 22.7 Å². The van der Waals surface area contributed by atoms with Crippen LogP contribution in [0.4, 0.5) is 13.2 Å². The summed E-state index contributed by atoms with van der Waals surface area (Å²) in [5, 5.41) is 6.72. The van der Waals surface area contributed by atoms with Gasteiger partial charge in [0.05, 0.1) is 18.2 Å². The number of halogens is 3. The van der Waals surface area contributed by atoms with Crippen molar-refractivity contribution in [2.24, 2.45) is 0 Å². The highest BCUT2D eigenvalue weighted by Gasteiger charge is 2.35. The normalized spacial score (nSPS) is 23.2. The molecular weight excluding hydrogens is 389 g/mol. The van der Waals surface area contributed by atoms with E-state index in [0.717, 1.165) is 43.2 Å². The molecule has 3 rings (SSSR count). The number of hydrogen-bond acceptors (Lipinski definition) is 4. The van der Waals surface area contributed by atoms with Gasteiger partial charge in [-0.05, 0) is 50.5 Å². The molecule has 2 fully saturated rings. The molecule has 2 aliphatic carbocycles. The van der Waals surface area contributed by atoms with Crippen molar-refractivity contribution >= 4 is 17.7 Å². The molecule has 2 unspecified atom stereocenters. The quantitative estimate of drug-likeness (QED) is 0.665. The van der Waals surface area contributed by atoms with Gasteiger partial charge in [-0.1, -0.05) is 12.8 Å². The Morgan fingerprint density at radius 2 is 1.79 bits per heavy atom. The van der Waals surface area contributed by atoms with Crippen molar-refractivity contribution in [2.45, 2.75) is 74.1 Å². The maximum absolute atomic E-state index is 13.2. The van der Waals surface area contributed by atoms with Crippen LogP contribution < -0.4 is 15.4 Å². The number of rotatable bonds is 6. The first-order valence-electron chi connectivity index (χ1n) is 9.73. The highest BCUT2D eigenvalue weighted by Crippen LogP contribution is 2.38. The minimum atomic E-state index is -4.49. The van der Waals surface area contributed by atoms with E-state index in [4.69, 9.17) is 4.74 Å². The van der Waals surface area contributed by atoms with Gasteiger partial charge in [0.2, 0.25) is 0 Å². The molecule has 2 saturated carbocycles. The van der Waals surface area contributed by atoms with Gasteiger partial charge in [-0.15, -0.1) is 11.8 Å². The van der Waals surface area contributed by atoms with Crippen LogP contribution in [-0.2, 0) is 6.18 Å². The fourth-order valence-corrected chi connectivity index (χ4v) is 4.91. The third-order valence-corrected chi connectivity index (χ3v) is 6.46. The van der Waals surface area contributed by atoms with Crippen LogP contribution >= 0.6 is 11.8 Å². The number of hydrogen-bond donors (Lipinski definition) is 2. The molecule has 2 atom stereocenters. The van der Waals surface area contributed by atoms with Gasteiger partial charge in [0.1, 0.15) is 5.75 Å². The van der Waals surface area contributed by atoms with Crippen molar-refractivity contribution in [3.05, 3.63) is 23.3 Å². The fraction of sp³-hybridized carbons (Fsp3) is 0.650. The average Bonchev–Trinajstić information content (AvgIpc) is 3.32. The molecule has 2 N–H and O–H groups in total. The first-order chi connectivity index (χ1) is 13.3. The Balaban J connectivity index is 1.79. The largest absolute Gasteiger partial charge is 0.496 e. The van der Waals surface area contributed by atoms with Gasteiger partial charge in [-0.25, -0.2) is 0 Å². The third kappa shape index (κ3) is 4.76. The number of methoxy groups -OCH3 is 1. The maximum Gasteiger partial charge on any atom is 0.416 e. The Hall–Kier alpha value is -1.41. The Morgan fingerprint density at radius 3 is 2.39 bits per heavy atom. The number of carbonyl (C=O) groups excluding carboxylic acids is 1. The Labute approximate surface area is 168 Å². The second-order valence-electron chi connectivity index (χ2n) is 7.52. The lowest BCUT2D eigenvalue weighted by atomic mass is 10.1. The summed E-state index contributed by atoms with van der Waals surface area (Å²) in [6.07, 6.45) is 4.87. The molecule has 0 aromatic heterocycles. The first-order valence-corrected chi connectivity index (χ1v) is 11.0. The SMILES string of the molecule is COc1cc(C(F)(F)F)cc(SC)c1C(=O)NC1CCCC1NC1CCCC1. The van der Waals surface area contributed by atoms with Crippen LogP contribution in [0.2, 0.25) is 0 Å². The van der Waals surface area contributed by atoms with E-state index >= 15 is 0 Å². The Kier molecular flexibility index (Phi) is 6.81. The summed E-state index contributed by atoms with van der Waals surface area (Å²) < 4.78 is 44.6. The lowest BCUT2D eigenvalue weighted by molar-refractivity contribution is -0.137. The van der Waals surface area contributed by atoms with Crippen LogP contribution in [0.1, 0.15) is 60.9 Å². The highest BCUT2D eigenvalue weighted by atomic mass is 32.2. The van der Waals surface area contributed by atoms with E-state index in [0.29, 0.717) is 6.04 Å². The molecule has 0 saturated heterocycles. The van der Waals surface area contributed by atoms with Crippen LogP contribution in [-0.4, -0.2) is 37.4 Å². The third-order valence-electron chi connectivity index (χ3n) is 5.70. The van der Waals surface area contributed by atoms with Crippen molar-refractivity contribution in [1.82, 2.24) is 10.6 Å². The van der Waals surface area contributed by atoms with Crippen LogP contribution in [0.25, 0.3) is 0 Å². The second-order valence-corrected chi connectivity index (χ2v) is 8.37. The Morgan fingerprint density at radius 1 is 1.11 bits per heavy atom. The molecule has 2 aliphatic rings. The topological polar surface area (TPSA) is 50.4 Å². The number of benzene rings is 1. The van der Waals surface area contributed by atoms with Crippen LogP contribution in [0.3, 0.4) is 0 Å². The van der Waals surface area contributed by atoms with Crippen LogP contribution in [0, 0.1) is 0 Å². The smallest absolute Gasteiger partial charge is 0.416 e. The summed E-state index contributed by atoms with van der Waals surface area (Å²) in [7, 11) is 1.29. The summed E-state index contributed by atoms with van der Waals surface area (Å²) in [5.74, 6) is -0.421. The molecule has 0 spiro atoms. The molecule has 8 heteroatoms. The standard InChI is InChI=1S/C20H27F3N2O2S/c1-27-16-10-12(20(21,22)23)11-17(28-2)18(16)19(26)25-15-9-5-8-14(15)24-13-6-3-4-7-13/h10-11,13-15,24H,3-9H2,1-2H3,(H,25,26). The average molecular weight is 417 g/mol. The highest BCUT2D eigenvalue weighted by molar-refractivity contribution is 7.98. The predicted molar refractivity (Wildman–Crippen MR) is 104 cm³/mol. The number of thioether (sulfide) groups is 1. The fourth-order valence-electron chi connectivity index (χ4n) is 4.27. The summed E-state index contributed by atoms with van der Waals surface area (Å²) in [6, 6.07) is 2.62. The van der Waals surface area contributed by atoms with Gasteiger partial charge in [0, 0.05) is 23.0 Å². The van der Waals surface area contributed by atoms with Crippen molar-refractivity contribution in [3.63, 3.8) is 0 Å². The molecule has 1 aromatic carbocycles. The summed E-state index contributed by atoms with van der Waals surface area (Å²) in [4.78, 5) is 13.3. The van der Waals surface area contributed by atoms with E-state index < -0.39 is 11.7 Å². The molecule has 1 amide bonds. The predicted octanol–water partition coefficient (Wildman–Crippen LogP) is 4.62. The number of amides is 1. The van der Waals surface area contributed by atoms with Gasteiger partial charge in [0.25, 0.3) is 5.91 Å². The molecule has 1 aromatic rings. The second kappa shape index (κ2) is 8.95. The molecule has 0 bridgehead atoms. The van der Waals surface area contributed by atoms with E-state index in [1.807, 2.05) is 0 Å². The van der Waals surface area contributed by atoms with Crippen LogP contribution in [0.5, 0.6) is 5.75 Å². The first kappa shape index (κ1) is 21.3.